The summed E-state index contributed by atoms with van der Waals surface area (Å²) in [5, 5.41) is 14.9. The Hall–Kier alpha value is -3.04. The molecule has 0 atom stereocenters. The third-order valence-electron chi connectivity index (χ3n) is 4.99. The Balaban J connectivity index is 1.51. The second-order valence-electron chi connectivity index (χ2n) is 7.04. The number of benzene rings is 2. The quantitative estimate of drug-likeness (QED) is 0.428. The second-order valence-corrected chi connectivity index (χ2v) is 7.95. The van der Waals surface area contributed by atoms with Crippen molar-refractivity contribution in [3.8, 4) is 0 Å². The predicted molar refractivity (Wildman–Crippen MR) is 120 cm³/mol. The van der Waals surface area contributed by atoms with Crippen molar-refractivity contribution in [1.82, 2.24) is 14.9 Å². The van der Waals surface area contributed by atoms with E-state index in [9.17, 15) is 10.1 Å². The number of hydrogen-bond donors (Lipinski definition) is 1. The van der Waals surface area contributed by atoms with Gasteiger partial charge in [0.2, 0.25) is 11.6 Å². The van der Waals surface area contributed by atoms with E-state index in [1.807, 2.05) is 47.4 Å². The highest BCUT2D eigenvalue weighted by Gasteiger charge is 2.29. The molecule has 9 heteroatoms. The third kappa shape index (κ3) is 4.74. The monoisotopic (exact) mass is 468 g/mol. The Bertz CT molecular complexity index is 1030. The van der Waals surface area contributed by atoms with Crippen molar-refractivity contribution in [2.75, 3.05) is 36.4 Å². The lowest BCUT2D eigenvalue weighted by Gasteiger charge is -2.35. The Kier molecular flexibility index (Phi) is 6.20. The van der Waals surface area contributed by atoms with E-state index in [4.69, 9.17) is 0 Å². The smallest absolute Gasteiger partial charge is 0.348 e. The van der Waals surface area contributed by atoms with Crippen LogP contribution in [0, 0.1) is 10.1 Å². The molecule has 0 amide bonds. The summed E-state index contributed by atoms with van der Waals surface area (Å²) in [7, 11) is 0. The molecule has 154 valence electrons. The first-order valence-corrected chi connectivity index (χ1v) is 10.4. The lowest BCUT2D eigenvalue weighted by atomic mass is 10.2. The Labute approximate surface area is 182 Å². The highest BCUT2D eigenvalue weighted by molar-refractivity contribution is 9.10. The molecule has 0 bridgehead atoms. The van der Waals surface area contributed by atoms with Gasteiger partial charge in [0.15, 0.2) is 0 Å². The van der Waals surface area contributed by atoms with Crippen LogP contribution in [0.4, 0.5) is 23.0 Å². The van der Waals surface area contributed by atoms with Crippen LogP contribution in [-0.4, -0.2) is 46.0 Å². The molecule has 2 aromatic carbocycles. The van der Waals surface area contributed by atoms with Crippen LogP contribution in [0.15, 0.2) is 65.4 Å². The SMILES string of the molecule is O=[N+]([O-])c1c(Nc2cccc(Br)c2)ncnc1N1CCN(Cc2ccccc2)CC1. The largest absolute Gasteiger partial charge is 0.353 e. The number of nitrogens with one attached hydrogen (secondary N) is 1. The molecule has 3 aromatic rings. The zero-order valence-corrected chi connectivity index (χ0v) is 17.8. The molecule has 1 aliphatic heterocycles. The van der Waals surface area contributed by atoms with Crippen molar-refractivity contribution in [3.63, 3.8) is 0 Å². The minimum absolute atomic E-state index is 0.103. The van der Waals surface area contributed by atoms with E-state index in [0.717, 1.165) is 24.1 Å². The molecule has 1 fully saturated rings. The fraction of sp³-hybridized carbons (Fsp3) is 0.238. The molecule has 1 aromatic heterocycles. The molecule has 1 saturated heterocycles. The van der Waals surface area contributed by atoms with E-state index < -0.39 is 4.92 Å². The van der Waals surface area contributed by atoms with Gasteiger partial charge >= 0.3 is 5.69 Å². The van der Waals surface area contributed by atoms with Gasteiger partial charge in [0.1, 0.15) is 6.33 Å². The normalized spacial score (nSPS) is 14.5. The van der Waals surface area contributed by atoms with E-state index in [0.29, 0.717) is 24.6 Å². The molecule has 0 spiro atoms. The minimum Gasteiger partial charge on any atom is -0.348 e. The number of piperazine rings is 1. The first-order chi connectivity index (χ1) is 14.6. The first-order valence-electron chi connectivity index (χ1n) is 9.63. The Morgan fingerprint density at radius 1 is 1.03 bits per heavy atom. The number of hydrogen-bond acceptors (Lipinski definition) is 7. The van der Waals surface area contributed by atoms with Crippen LogP contribution < -0.4 is 10.2 Å². The van der Waals surface area contributed by atoms with Crippen LogP contribution in [0.2, 0.25) is 0 Å². The Morgan fingerprint density at radius 2 is 1.80 bits per heavy atom. The maximum Gasteiger partial charge on any atom is 0.353 e. The van der Waals surface area contributed by atoms with E-state index >= 15 is 0 Å². The lowest BCUT2D eigenvalue weighted by molar-refractivity contribution is -0.383. The van der Waals surface area contributed by atoms with Crippen molar-refractivity contribution < 1.29 is 4.92 Å². The van der Waals surface area contributed by atoms with Gasteiger partial charge in [-0.25, -0.2) is 9.97 Å². The third-order valence-corrected chi connectivity index (χ3v) is 5.49. The second kappa shape index (κ2) is 9.19. The van der Waals surface area contributed by atoms with Crippen LogP contribution >= 0.6 is 15.9 Å². The number of rotatable bonds is 6. The summed E-state index contributed by atoms with van der Waals surface area (Å²) in [4.78, 5) is 24.2. The number of halogens is 1. The molecular weight excluding hydrogens is 448 g/mol. The summed E-state index contributed by atoms with van der Waals surface area (Å²) in [6, 6.07) is 17.7. The van der Waals surface area contributed by atoms with Crippen LogP contribution in [0.3, 0.4) is 0 Å². The molecule has 30 heavy (non-hydrogen) atoms. The molecule has 0 saturated carbocycles. The van der Waals surface area contributed by atoms with Gasteiger partial charge in [-0.2, -0.15) is 0 Å². The zero-order chi connectivity index (χ0) is 20.9. The molecule has 4 rings (SSSR count). The average molecular weight is 469 g/mol. The lowest BCUT2D eigenvalue weighted by Crippen LogP contribution is -2.46. The summed E-state index contributed by atoms with van der Waals surface area (Å²) >= 11 is 3.41. The van der Waals surface area contributed by atoms with Crippen LogP contribution in [0.1, 0.15) is 5.56 Å². The predicted octanol–water partition coefficient (Wildman–Crippen LogP) is 4.21. The summed E-state index contributed by atoms with van der Waals surface area (Å²) in [6.07, 6.45) is 1.37. The van der Waals surface area contributed by atoms with Crippen LogP contribution in [0.25, 0.3) is 0 Å². The summed E-state index contributed by atoms with van der Waals surface area (Å²) < 4.78 is 0.874. The molecule has 0 unspecified atom stereocenters. The van der Waals surface area contributed by atoms with Gasteiger partial charge in [0, 0.05) is 42.9 Å². The van der Waals surface area contributed by atoms with Gasteiger partial charge in [0.25, 0.3) is 0 Å². The standard InChI is InChI=1S/C21H21BrN6O2/c22-17-7-4-8-18(13-17)25-20-19(28(29)30)21(24-15-23-20)27-11-9-26(10-12-27)14-16-5-2-1-3-6-16/h1-8,13,15H,9-12,14H2,(H,23,24,25). The van der Waals surface area contributed by atoms with E-state index in [2.05, 4.69) is 48.2 Å². The average Bonchev–Trinajstić information content (AvgIpc) is 2.75. The highest BCUT2D eigenvalue weighted by Crippen LogP contribution is 2.34. The molecule has 1 N–H and O–H groups in total. The maximum atomic E-state index is 11.9. The van der Waals surface area contributed by atoms with Crippen molar-refractivity contribution in [1.29, 1.82) is 0 Å². The summed E-state index contributed by atoms with van der Waals surface area (Å²) in [5.74, 6) is 0.543. The van der Waals surface area contributed by atoms with Crippen LogP contribution in [-0.2, 0) is 6.54 Å². The number of aromatic nitrogens is 2. The molecule has 2 heterocycles. The molecule has 8 nitrogen and oxygen atoms in total. The number of nitrogens with zero attached hydrogens (tertiary/aromatic N) is 5. The number of nitro groups is 1. The number of anilines is 3. The minimum atomic E-state index is -0.411. The molecule has 0 radical (unpaired) electrons. The van der Waals surface area contributed by atoms with Crippen molar-refractivity contribution in [2.24, 2.45) is 0 Å². The van der Waals surface area contributed by atoms with Crippen molar-refractivity contribution in [2.45, 2.75) is 6.54 Å². The summed E-state index contributed by atoms with van der Waals surface area (Å²) in [6.45, 7) is 3.83. The highest BCUT2D eigenvalue weighted by atomic mass is 79.9. The van der Waals surface area contributed by atoms with Gasteiger partial charge in [-0.3, -0.25) is 15.0 Å². The van der Waals surface area contributed by atoms with E-state index in [1.165, 1.54) is 11.9 Å². The Morgan fingerprint density at radius 3 is 2.50 bits per heavy atom. The van der Waals surface area contributed by atoms with Gasteiger partial charge in [-0.1, -0.05) is 52.3 Å². The maximum absolute atomic E-state index is 11.9. The van der Waals surface area contributed by atoms with E-state index in [1.54, 1.807) is 0 Å². The van der Waals surface area contributed by atoms with Gasteiger partial charge < -0.3 is 10.2 Å². The van der Waals surface area contributed by atoms with Crippen molar-refractivity contribution in [3.05, 3.63) is 81.1 Å². The van der Waals surface area contributed by atoms with Crippen LogP contribution in [0.5, 0.6) is 0 Å². The molecule has 1 aliphatic rings. The van der Waals surface area contributed by atoms with Crippen molar-refractivity contribution >= 4 is 38.9 Å². The van der Waals surface area contributed by atoms with Gasteiger partial charge in [-0.15, -0.1) is 0 Å². The fourth-order valence-electron chi connectivity index (χ4n) is 3.52. The zero-order valence-electron chi connectivity index (χ0n) is 16.2. The molecular formula is C21H21BrN6O2. The summed E-state index contributed by atoms with van der Waals surface area (Å²) in [5.41, 5.74) is 1.87. The van der Waals surface area contributed by atoms with E-state index in [-0.39, 0.29) is 11.5 Å². The molecule has 0 aliphatic carbocycles. The fourth-order valence-corrected chi connectivity index (χ4v) is 3.92. The van der Waals surface area contributed by atoms with Gasteiger partial charge in [0.05, 0.1) is 4.92 Å². The van der Waals surface area contributed by atoms with Gasteiger partial charge in [-0.05, 0) is 23.8 Å². The topological polar surface area (TPSA) is 87.4 Å². The first kappa shape index (κ1) is 20.2.